The summed E-state index contributed by atoms with van der Waals surface area (Å²) in [6.45, 7) is 5.90. The van der Waals surface area contributed by atoms with E-state index in [2.05, 4.69) is 44.8 Å². The van der Waals surface area contributed by atoms with Crippen molar-refractivity contribution in [3.63, 3.8) is 0 Å². The summed E-state index contributed by atoms with van der Waals surface area (Å²) >= 11 is 1.73. The molecule has 15 heavy (non-hydrogen) atoms. The second-order valence-corrected chi connectivity index (χ2v) is 4.28. The highest BCUT2D eigenvalue weighted by Gasteiger charge is 2.04. The van der Waals surface area contributed by atoms with Gasteiger partial charge in [0, 0.05) is 12.7 Å². The summed E-state index contributed by atoms with van der Waals surface area (Å²) in [6.07, 6.45) is 2.08. The van der Waals surface area contributed by atoms with Crippen LogP contribution in [0.2, 0.25) is 0 Å². The summed E-state index contributed by atoms with van der Waals surface area (Å²) in [7, 11) is 0. The van der Waals surface area contributed by atoms with Crippen LogP contribution in [0, 0.1) is 6.92 Å². The van der Waals surface area contributed by atoms with E-state index in [1.807, 2.05) is 6.92 Å². The van der Waals surface area contributed by atoms with Gasteiger partial charge in [0.1, 0.15) is 0 Å². The molecular formula is C11H15N3S. The molecule has 0 bridgehead atoms. The molecule has 0 atom stereocenters. The maximum Gasteiger partial charge on any atom is 0.203 e. The molecule has 4 heteroatoms. The monoisotopic (exact) mass is 221 g/mol. The summed E-state index contributed by atoms with van der Waals surface area (Å²) < 4.78 is 2.15. The van der Waals surface area contributed by atoms with Gasteiger partial charge in [-0.05, 0) is 36.2 Å². The first-order chi connectivity index (χ1) is 7.29. The van der Waals surface area contributed by atoms with E-state index in [0.29, 0.717) is 0 Å². The minimum atomic E-state index is 0.896. The highest BCUT2D eigenvalue weighted by Crippen LogP contribution is 2.13. The van der Waals surface area contributed by atoms with Gasteiger partial charge in [-0.2, -0.15) is 11.3 Å². The molecule has 0 fully saturated rings. The third-order valence-corrected chi connectivity index (χ3v) is 2.90. The molecule has 1 N–H and O–H groups in total. The van der Waals surface area contributed by atoms with Gasteiger partial charge in [0.25, 0.3) is 0 Å². The van der Waals surface area contributed by atoms with Gasteiger partial charge in [0.15, 0.2) is 0 Å². The van der Waals surface area contributed by atoms with Crippen LogP contribution >= 0.6 is 11.3 Å². The Hall–Kier alpha value is -1.29. The maximum atomic E-state index is 4.44. The Balaban J connectivity index is 2.19. The quantitative estimate of drug-likeness (QED) is 0.860. The van der Waals surface area contributed by atoms with Gasteiger partial charge in [-0.25, -0.2) is 4.98 Å². The lowest BCUT2D eigenvalue weighted by Gasteiger charge is -2.06. The highest BCUT2D eigenvalue weighted by molar-refractivity contribution is 7.07. The fourth-order valence-corrected chi connectivity index (χ4v) is 2.21. The van der Waals surface area contributed by atoms with Crippen LogP contribution in [-0.4, -0.2) is 16.1 Å². The first kappa shape index (κ1) is 10.2. The lowest BCUT2D eigenvalue weighted by molar-refractivity contribution is 0.802. The number of hydrogen-bond donors (Lipinski definition) is 1. The van der Waals surface area contributed by atoms with Gasteiger partial charge in [0.2, 0.25) is 5.95 Å². The number of hydrogen-bond acceptors (Lipinski definition) is 3. The van der Waals surface area contributed by atoms with Crippen LogP contribution < -0.4 is 5.32 Å². The number of nitrogens with zero attached hydrogens (tertiary/aromatic N) is 2. The maximum absolute atomic E-state index is 4.44. The Bertz CT molecular complexity index is 417. The Morgan fingerprint density at radius 2 is 2.40 bits per heavy atom. The third kappa shape index (κ3) is 2.39. The molecule has 0 aliphatic rings. The Kier molecular flexibility index (Phi) is 3.06. The molecule has 0 aliphatic heterocycles. The average molecular weight is 221 g/mol. The normalized spacial score (nSPS) is 10.5. The Labute approximate surface area is 93.8 Å². The molecule has 0 aliphatic carbocycles. The van der Waals surface area contributed by atoms with Crippen molar-refractivity contribution in [3.05, 3.63) is 34.3 Å². The zero-order valence-electron chi connectivity index (χ0n) is 9.03. The van der Waals surface area contributed by atoms with Crippen molar-refractivity contribution in [3.8, 4) is 0 Å². The van der Waals surface area contributed by atoms with Gasteiger partial charge in [-0.15, -0.1) is 0 Å². The largest absolute Gasteiger partial charge is 0.356 e. The molecule has 2 aromatic rings. The number of imidazole rings is 1. The topological polar surface area (TPSA) is 29.9 Å². The van der Waals surface area contributed by atoms with Crippen LogP contribution in [0.25, 0.3) is 0 Å². The van der Waals surface area contributed by atoms with Gasteiger partial charge in [-0.3, -0.25) is 0 Å². The zero-order chi connectivity index (χ0) is 10.7. The average Bonchev–Trinajstić information content (AvgIpc) is 2.78. The van der Waals surface area contributed by atoms with Crippen molar-refractivity contribution in [2.45, 2.75) is 20.4 Å². The molecule has 80 valence electrons. The SMILES string of the molecule is CCNc1nc(C)cn1Cc1ccsc1. The molecule has 0 amide bonds. The number of anilines is 1. The molecule has 0 saturated carbocycles. The molecule has 0 spiro atoms. The molecule has 2 heterocycles. The number of thiophene rings is 1. The first-order valence-corrected chi connectivity index (χ1v) is 6.02. The van der Waals surface area contributed by atoms with Crippen LogP contribution in [-0.2, 0) is 6.54 Å². The summed E-state index contributed by atoms with van der Waals surface area (Å²) in [6, 6.07) is 2.15. The fourth-order valence-electron chi connectivity index (χ4n) is 1.55. The fraction of sp³-hybridized carbons (Fsp3) is 0.364. The van der Waals surface area contributed by atoms with Crippen molar-refractivity contribution < 1.29 is 0 Å². The molecule has 2 rings (SSSR count). The van der Waals surface area contributed by atoms with Crippen molar-refractivity contribution in [2.24, 2.45) is 0 Å². The number of aromatic nitrogens is 2. The van der Waals surface area contributed by atoms with E-state index < -0.39 is 0 Å². The van der Waals surface area contributed by atoms with Crippen molar-refractivity contribution >= 4 is 17.3 Å². The number of aryl methyl sites for hydroxylation is 1. The summed E-state index contributed by atoms with van der Waals surface area (Å²) in [5, 5.41) is 7.54. The predicted molar refractivity (Wildman–Crippen MR) is 64.5 cm³/mol. The predicted octanol–water partition coefficient (Wildman–Crippen LogP) is 2.73. The van der Waals surface area contributed by atoms with Crippen LogP contribution in [0.1, 0.15) is 18.2 Å². The van der Waals surface area contributed by atoms with E-state index in [1.54, 1.807) is 11.3 Å². The van der Waals surface area contributed by atoms with E-state index in [9.17, 15) is 0 Å². The van der Waals surface area contributed by atoms with Crippen molar-refractivity contribution in [1.82, 2.24) is 9.55 Å². The molecule has 0 radical (unpaired) electrons. The van der Waals surface area contributed by atoms with E-state index >= 15 is 0 Å². The van der Waals surface area contributed by atoms with Crippen molar-refractivity contribution in [2.75, 3.05) is 11.9 Å². The molecule has 0 aromatic carbocycles. The minimum absolute atomic E-state index is 0.896. The molecule has 0 saturated heterocycles. The highest BCUT2D eigenvalue weighted by atomic mass is 32.1. The summed E-state index contributed by atoms with van der Waals surface area (Å²) in [5.41, 5.74) is 2.39. The van der Waals surface area contributed by atoms with Crippen LogP contribution in [0.5, 0.6) is 0 Å². The second-order valence-electron chi connectivity index (χ2n) is 3.50. The Morgan fingerprint density at radius 1 is 1.53 bits per heavy atom. The first-order valence-electron chi connectivity index (χ1n) is 5.08. The minimum Gasteiger partial charge on any atom is -0.356 e. The van der Waals surface area contributed by atoms with Gasteiger partial charge >= 0.3 is 0 Å². The lowest BCUT2D eigenvalue weighted by atomic mass is 10.3. The molecule has 0 unspecified atom stereocenters. The van der Waals surface area contributed by atoms with E-state index in [4.69, 9.17) is 0 Å². The molecule has 3 nitrogen and oxygen atoms in total. The van der Waals surface area contributed by atoms with Crippen molar-refractivity contribution in [1.29, 1.82) is 0 Å². The Morgan fingerprint density at radius 3 is 3.07 bits per heavy atom. The standard InChI is InChI=1S/C11H15N3S/c1-3-12-11-13-9(2)6-14(11)7-10-4-5-15-8-10/h4-6,8H,3,7H2,1-2H3,(H,12,13). The van der Waals surface area contributed by atoms with E-state index in [0.717, 1.165) is 24.7 Å². The van der Waals surface area contributed by atoms with Gasteiger partial charge < -0.3 is 9.88 Å². The summed E-state index contributed by atoms with van der Waals surface area (Å²) in [4.78, 5) is 4.44. The molecular weight excluding hydrogens is 206 g/mol. The van der Waals surface area contributed by atoms with Gasteiger partial charge in [0.05, 0.1) is 12.2 Å². The lowest BCUT2D eigenvalue weighted by Crippen LogP contribution is -2.06. The third-order valence-electron chi connectivity index (χ3n) is 2.16. The van der Waals surface area contributed by atoms with E-state index in [1.165, 1.54) is 5.56 Å². The molecule has 2 aromatic heterocycles. The smallest absolute Gasteiger partial charge is 0.203 e. The van der Waals surface area contributed by atoms with Crippen LogP contribution in [0.3, 0.4) is 0 Å². The second kappa shape index (κ2) is 4.49. The van der Waals surface area contributed by atoms with E-state index in [-0.39, 0.29) is 0 Å². The number of nitrogens with one attached hydrogen (secondary N) is 1. The van der Waals surface area contributed by atoms with Gasteiger partial charge in [-0.1, -0.05) is 0 Å². The van der Waals surface area contributed by atoms with Crippen LogP contribution in [0.15, 0.2) is 23.0 Å². The summed E-state index contributed by atoms with van der Waals surface area (Å²) in [5.74, 6) is 0.959. The number of rotatable bonds is 4. The van der Waals surface area contributed by atoms with Crippen LogP contribution in [0.4, 0.5) is 5.95 Å². The zero-order valence-corrected chi connectivity index (χ0v) is 9.84.